The summed E-state index contributed by atoms with van der Waals surface area (Å²) >= 11 is 5.36. The van der Waals surface area contributed by atoms with Gasteiger partial charge in [-0.1, -0.05) is 60.7 Å². The van der Waals surface area contributed by atoms with E-state index in [1.807, 2.05) is 37.3 Å². The third-order valence-corrected chi connectivity index (χ3v) is 7.53. The minimum atomic E-state index is -0.433. The minimum Gasteiger partial charge on any atom is -0.378 e. The first-order chi connectivity index (χ1) is 19.8. The number of nitrogens with one attached hydrogen (secondary N) is 2. The van der Waals surface area contributed by atoms with Gasteiger partial charge in [-0.25, -0.2) is 0 Å². The van der Waals surface area contributed by atoms with Crippen LogP contribution in [0.3, 0.4) is 0 Å². The molecule has 2 aromatic carbocycles. The highest BCUT2D eigenvalue weighted by Crippen LogP contribution is 2.21. The lowest BCUT2D eigenvalue weighted by Crippen LogP contribution is -2.48. The zero-order chi connectivity index (χ0) is 29.4. The van der Waals surface area contributed by atoms with Gasteiger partial charge in [0.25, 0.3) is 11.8 Å². The van der Waals surface area contributed by atoms with Gasteiger partial charge in [0, 0.05) is 32.6 Å². The molecule has 0 radical (unpaired) electrons. The van der Waals surface area contributed by atoms with Gasteiger partial charge < -0.3 is 25.0 Å². The Bertz CT molecular complexity index is 1370. The van der Waals surface area contributed by atoms with E-state index in [2.05, 4.69) is 15.7 Å². The third kappa shape index (κ3) is 7.24. The van der Waals surface area contributed by atoms with Gasteiger partial charge in [-0.15, -0.1) is 0 Å². The van der Waals surface area contributed by atoms with Gasteiger partial charge >= 0.3 is 0 Å². The lowest BCUT2D eigenvalue weighted by molar-refractivity contribution is -0.201. The average Bonchev–Trinajstić information content (AvgIpc) is 3.48. The van der Waals surface area contributed by atoms with E-state index in [1.54, 1.807) is 54.0 Å². The second-order valence-corrected chi connectivity index (χ2v) is 10.2. The van der Waals surface area contributed by atoms with Crippen LogP contribution >= 0.6 is 12.2 Å². The summed E-state index contributed by atoms with van der Waals surface area (Å²) in [6.07, 6.45) is 1.45. The Morgan fingerprint density at radius 3 is 2.51 bits per heavy atom. The van der Waals surface area contributed by atoms with Crippen LogP contribution in [0.2, 0.25) is 0 Å². The van der Waals surface area contributed by atoms with Crippen LogP contribution in [0.5, 0.6) is 0 Å². The largest absolute Gasteiger partial charge is 0.378 e. The number of likely N-dealkylation sites (N-methyl/N-ethyl adjacent to an activating group) is 1. The van der Waals surface area contributed by atoms with Crippen molar-refractivity contribution < 1.29 is 23.9 Å². The molecule has 0 spiro atoms. The number of aldehydes is 1. The van der Waals surface area contributed by atoms with E-state index in [0.717, 1.165) is 5.56 Å². The van der Waals surface area contributed by atoms with E-state index in [1.165, 1.54) is 0 Å². The van der Waals surface area contributed by atoms with Crippen molar-refractivity contribution in [3.05, 3.63) is 88.7 Å². The fraction of sp³-hybridized carbons (Fsp3) is 0.367. The maximum absolute atomic E-state index is 13.2. The number of rotatable bonds is 11. The molecule has 216 valence electrons. The molecule has 1 aliphatic heterocycles. The van der Waals surface area contributed by atoms with Crippen molar-refractivity contribution in [3.8, 4) is 0 Å². The van der Waals surface area contributed by atoms with Gasteiger partial charge in [0.1, 0.15) is 16.4 Å². The molecule has 1 fully saturated rings. The zero-order valence-corrected chi connectivity index (χ0v) is 24.2. The molecule has 3 aromatic rings. The Balaban J connectivity index is 1.27. The number of amides is 2. The van der Waals surface area contributed by atoms with Crippen molar-refractivity contribution in [2.45, 2.75) is 38.1 Å². The highest BCUT2D eigenvalue weighted by Gasteiger charge is 2.29. The number of thiocarbonyl (C=S) groups is 1. The highest BCUT2D eigenvalue weighted by atomic mass is 32.1. The number of carbonyl (C=O) groups excluding carboxylic acids is 3. The Kier molecular flexibility index (Phi) is 10.3. The Hall–Kier alpha value is -3.93. The van der Waals surface area contributed by atoms with Crippen molar-refractivity contribution in [3.63, 3.8) is 0 Å². The maximum Gasteiger partial charge on any atom is 0.269 e. The first-order valence-corrected chi connectivity index (χ1v) is 13.9. The number of carbonyl (C=O) groups is 3. The van der Waals surface area contributed by atoms with Crippen LogP contribution in [-0.4, -0.2) is 84.0 Å². The van der Waals surface area contributed by atoms with Crippen molar-refractivity contribution >= 4 is 35.3 Å². The van der Waals surface area contributed by atoms with Gasteiger partial charge in [-0.3, -0.25) is 19.1 Å². The van der Waals surface area contributed by atoms with Crippen LogP contribution in [0.4, 0.5) is 0 Å². The van der Waals surface area contributed by atoms with Gasteiger partial charge in [0.15, 0.2) is 12.6 Å². The second-order valence-electron chi connectivity index (χ2n) is 9.79. The summed E-state index contributed by atoms with van der Waals surface area (Å²) in [5.74, 6) is -0.503. The average molecular weight is 578 g/mol. The van der Waals surface area contributed by atoms with Crippen molar-refractivity contribution in [2.24, 2.45) is 0 Å². The molecule has 1 atom stereocenters. The summed E-state index contributed by atoms with van der Waals surface area (Å²) in [5, 5.41) is 10.5. The van der Waals surface area contributed by atoms with E-state index in [4.69, 9.17) is 21.7 Å². The third-order valence-electron chi connectivity index (χ3n) is 7.11. The number of nitrogens with zero attached hydrogens (tertiary/aromatic N) is 3. The Morgan fingerprint density at radius 2 is 1.83 bits per heavy atom. The van der Waals surface area contributed by atoms with E-state index < -0.39 is 6.29 Å². The molecule has 1 saturated heterocycles. The molecule has 1 aliphatic rings. The molecule has 1 unspecified atom stereocenters. The van der Waals surface area contributed by atoms with Gasteiger partial charge in [-0.05, 0) is 31.0 Å². The van der Waals surface area contributed by atoms with Crippen LogP contribution in [-0.2, 0) is 9.47 Å². The molecule has 2 heterocycles. The number of aromatic nitrogens is 2. The Labute approximate surface area is 245 Å². The molecule has 2 amide bonds. The number of hydrogen-bond donors (Lipinski definition) is 2. The Morgan fingerprint density at radius 1 is 1.15 bits per heavy atom. The zero-order valence-electron chi connectivity index (χ0n) is 23.4. The summed E-state index contributed by atoms with van der Waals surface area (Å²) in [5.41, 5.74) is 2.68. The summed E-state index contributed by atoms with van der Waals surface area (Å²) in [6.45, 7) is 3.03. The van der Waals surface area contributed by atoms with Crippen molar-refractivity contribution in [1.82, 2.24) is 25.3 Å². The molecule has 0 bridgehead atoms. The molecule has 4 rings (SSSR count). The molecular formula is C30H35N5O5S. The SMILES string of the molecule is CNC(=S)c1cc(C(=O)NCCCC2OCC(N(C)C(=O)c3ccccc3C=O)CO2)n(C(C)c2ccccc2)n1. The predicted molar refractivity (Wildman–Crippen MR) is 158 cm³/mol. The smallest absolute Gasteiger partial charge is 0.269 e. The minimum absolute atomic E-state index is 0.167. The van der Waals surface area contributed by atoms with Crippen LogP contribution in [0, 0.1) is 0 Å². The second kappa shape index (κ2) is 14.1. The quantitative estimate of drug-likeness (QED) is 0.203. The number of benzene rings is 2. The molecule has 41 heavy (non-hydrogen) atoms. The molecule has 10 nitrogen and oxygen atoms in total. The fourth-order valence-corrected chi connectivity index (χ4v) is 4.71. The van der Waals surface area contributed by atoms with Crippen molar-refractivity contribution in [1.29, 1.82) is 0 Å². The monoisotopic (exact) mass is 577 g/mol. The molecule has 0 saturated carbocycles. The molecule has 0 aliphatic carbocycles. The maximum atomic E-state index is 13.2. The lowest BCUT2D eigenvalue weighted by Gasteiger charge is -2.35. The van der Waals surface area contributed by atoms with E-state index >= 15 is 0 Å². The summed E-state index contributed by atoms with van der Waals surface area (Å²) in [7, 11) is 3.40. The predicted octanol–water partition coefficient (Wildman–Crippen LogP) is 3.22. The molecule has 11 heteroatoms. The van der Waals surface area contributed by atoms with Gasteiger partial charge in [0.2, 0.25) is 0 Å². The van der Waals surface area contributed by atoms with Gasteiger partial charge in [0.05, 0.1) is 30.9 Å². The standard InChI is InChI=1S/C30H35N5O5S/c1-20(21-10-5-4-6-11-21)35-26(16-25(33-35)29(41)31-2)28(37)32-15-9-14-27-39-18-23(19-40-27)34(3)30(38)24-13-8-7-12-22(24)17-36/h4-8,10-13,16-17,20,23,27H,9,14-15,18-19H2,1-3H3,(H,31,41)(H,32,37). The van der Waals surface area contributed by atoms with Gasteiger partial charge in [-0.2, -0.15) is 5.10 Å². The fourth-order valence-electron chi connectivity index (χ4n) is 4.61. The topological polar surface area (TPSA) is 115 Å². The van der Waals surface area contributed by atoms with E-state index in [-0.39, 0.29) is 23.9 Å². The van der Waals surface area contributed by atoms with Crippen molar-refractivity contribution in [2.75, 3.05) is 33.9 Å². The first-order valence-electron chi connectivity index (χ1n) is 13.5. The summed E-state index contributed by atoms with van der Waals surface area (Å²) < 4.78 is 13.4. The normalized spacial score (nSPS) is 17.3. The van der Waals surface area contributed by atoms with Crippen LogP contribution in [0.1, 0.15) is 68.3 Å². The highest BCUT2D eigenvalue weighted by molar-refractivity contribution is 7.80. The molecular weight excluding hydrogens is 542 g/mol. The first kappa shape index (κ1) is 30.0. The number of ether oxygens (including phenoxy) is 2. The van der Waals surface area contributed by atoms with Crippen LogP contribution in [0.25, 0.3) is 0 Å². The number of hydrogen-bond acceptors (Lipinski definition) is 7. The van der Waals surface area contributed by atoms with Crippen LogP contribution in [0.15, 0.2) is 60.7 Å². The summed E-state index contributed by atoms with van der Waals surface area (Å²) in [4.78, 5) is 39.4. The van der Waals surface area contributed by atoms with E-state index in [9.17, 15) is 14.4 Å². The molecule has 2 N–H and O–H groups in total. The lowest BCUT2D eigenvalue weighted by atomic mass is 10.1. The molecule has 1 aromatic heterocycles. The summed E-state index contributed by atoms with van der Waals surface area (Å²) in [6, 6.07) is 17.8. The van der Waals surface area contributed by atoms with Crippen LogP contribution < -0.4 is 10.6 Å². The van der Waals surface area contributed by atoms with E-state index in [0.29, 0.717) is 66.4 Å².